The lowest BCUT2D eigenvalue weighted by Crippen LogP contribution is -2.50. The normalized spacial score (nSPS) is 15.6. The molecule has 7 heteroatoms. The minimum Gasteiger partial charge on any atom is -0.451 e. The molecule has 0 saturated carbocycles. The van der Waals surface area contributed by atoms with Crippen LogP contribution in [0.4, 0.5) is 5.69 Å². The van der Waals surface area contributed by atoms with Gasteiger partial charge in [-0.3, -0.25) is 4.79 Å². The van der Waals surface area contributed by atoms with Crippen molar-refractivity contribution in [3.63, 3.8) is 0 Å². The molecule has 0 radical (unpaired) electrons. The number of fused-ring (bicyclic) bond motifs is 3. The highest BCUT2D eigenvalue weighted by Crippen LogP contribution is 2.34. The summed E-state index contributed by atoms with van der Waals surface area (Å²) in [5.74, 6) is 0.135. The van der Waals surface area contributed by atoms with Gasteiger partial charge in [0.05, 0.1) is 5.25 Å². The van der Waals surface area contributed by atoms with Crippen LogP contribution in [0.2, 0.25) is 0 Å². The monoisotopic (exact) mass is 418 g/mol. The van der Waals surface area contributed by atoms with Crippen LogP contribution in [0, 0.1) is 0 Å². The number of piperazine rings is 1. The van der Waals surface area contributed by atoms with E-state index in [1.54, 1.807) is 6.33 Å². The second kappa shape index (κ2) is 7.99. The Bertz CT molecular complexity index is 1190. The van der Waals surface area contributed by atoms with Crippen molar-refractivity contribution in [3.8, 4) is 0 Å². The zero-order valence-electron chi connectivity index (χ0n) is 16.7. The van der Waals surface area contributed by atoms with Gasteiger partial charge in [-0.2, -0.15) is 0 Å². The first-order valence-corrected chi connectivity index (χ1v) is 11.0. The number of anilines is 1. The van der Waals surface area contributed by atoms with Crippen molar-refractivity contribution in [2.45, 2.75) is 17.2 Å². The van der Waals surface area contributed by atoms with Crippen molar-refractivity contribution < 1.29 is 9.21 Å². The number of rotatable bonds is 4. The van der Waals surface area contributed by atoms with Crippen LogP contribution >= 0.6 is 11.8 Å². The largest absolute Gasteiger partial charge is 0.451 e. The number of aromatic nitrogens is 2. The van der Waals surface area contributed by atoms with E-state index in [0.29, 0.717) is 10.6 Å². The average Bonchev–Trinajstić information content (AvgIpc) is 3.19. The quantitative estimate of drug-likeness (QED) is 0.366. The fourth-order valence-electron chi connectivity index (χ4n) is 3.89. The molecular formula is C23H22N4O2S. The second-order valence-electron chi connectivity index (χ2n) is 7.36. The van der Waals surface area contributed by atoms with Gasteiger partial charge < -0.3 is 14.2 Å². The van der Waals surface area contributed by atoms with Gasteiger partial charge in [0, 0.05) is 37.3 Å². The fraction of sp³-hybridized carbons (Fsp3) is 0.261. The number of thioether (sulfide) groups is 1. The van der Waals surface area contributed by atoms with E-state index in [1.165, 1.54) is 17.4 Å². The van der Waals surface area contributed by atoms with Gasteiger partial charge in [0.2, 0.25) is 5.91 Å². The first-order chi connectivity index (χ1) is 14.7. The summed E-state index contributed by atoms with van der Waals surface area (Å²) in [6.45, 7) is 5.07. The highest BCUT2D eigenvalue weighted by atomic mass is 32.2. The molecule has 3 heterocycles. The van der Waals surface area contributed by atoms with Crippen LogP contribution in [0.3, 0.4) is 0 Å². The number of benzene rings is 2. The van der Waals surface area contributed by atoms with Crippen molar-refractivity contribution >= 4 is 45.4 Å². The Morgan fingerprint density at radius 3 is 2.53 bits per heavy atom. The summed E-state index contributed by atoms with van der Waals surface area (Å²) in [6.07, 6.45) is 1.54. The first kappa shape index (κ1) is 18.9. The Morgan fingerprint density at radius 2 is 1.73 bits per heavy atom. The SMILES string of the molecule is C[C@H](Sc1ncnc2c1oc1ccccc12)C(=O)N1CCN(c2ccccc2)CC1. The van der Waals surface area contributed by atoms with E-state index in [9.17, 15) is 4.79 Å². The lowest BCUT2D eigenvalue weighted by Gasteiger charge is -2.37. The van der Waals surface area contributed by atoms with Crippen molar-refractivity contribution in [2.75, 3.05) is 31.1 Å². The Labute approximate surface area is 178 Å². The van der Waals surface area contributed by atoms with Gasteiger partial charge >= 0.3 is 0 Å². The molecule has 1 saturated heterocycles. The topological polar surface area (TPSA) is 62.5 Å². The van der Waals surface area contributed by atoms with Crippen LogP contribution in [-0.2, 0) is 4.79 Å². The van der Waals surface area contributed by atoms with Crippen LogP contribution < -0.4 is 4.90 Å². The van der Waals surface area contributed by atoms with Gasteiger partial charge in [0.15, 0.2) is 5.58 Å². The van der Waals surface area contributed by atoms with E-state index in [4.69, 9.17) is 4.42 Å². The van der Waals surface area contributed by atoms with Crippen LogP contribution in [0.1, 0.15) is 6.92 Å². The Morgan fingerprint density at radius 1 is 1.00 bits per heavy atom. The molecule has 2 aromatic carbocycles. The van der Waals surface area contributed by atoms with Crippen molar-refractivity contribution in [2.24, 2.45) is 0 Å². The van der Waals surface area contributed by atoms with Crippen LogP contribution in [0.15, 0.2) is 70.4 Å². The Hall–Kier alpha value is -3.06. The van der Waals surface area contributed by atoms with E-state index in [2.05, 4.69) is 27.0 Å². The number of carbonyl (C=O) groups excluding carboxylic acids is 1. The molecule has 1 aliphatic rings. The molecule has 1 amide bonds. The Kier molecular flexibility index (Phi) is 5.04. The zero-order chi connectivity index (χ0) is 20.5. The van der Waals surface area contributed by atoms with Gasteiger partial charge in [-0.15, -0.1) is 0 Å². The predicted octanol–water partition coefficient (Wildman–Crippen LogP) is 4.21. The number of nitrogens with zero attached hydrogens (tertiary/aromatic N) is 4. The van der Waals surface area contributed by atoms with E-state index >= 15 is 0 Å². The maximum Gasteiger partial charge on any atom is 0.235 e. The number of carbonyl (C=O) groups is 1. The predicted molar refractivity (Wildman–Crippen MR) is 120 cm³/mol. The first-order valence-electron chi connectivity index (χ1n) is 10.1. The highest BCUT2D eigenvalue weighted by Gasteiger charge is 2.27. The van der Waals surface area contributed by atoms with Gasteiger partial charge in [0.25, 0.3) is 0 Å². The van der Waals surface area contributed by atoms with E-state index in [-0.39, 0.29) is 11.2 Å². The smallest absolute Gasteiger partial charge is 0.235 e. The standard InChI is InChI=1S/C23H22N4O2S/c1-16(23(28)27-13-11-26(12-14-27)17-7-3-2-4-8-17)30-22-21-20(24-15-25-22)18-9-5-6-10-19(18)29-21/h2-10,15-16H,11-14H2,1H3/t16-/m0/s1. The summed E-state index contributed by atoms with van der Waals surface area (Å²) >= 11 is 1.44. The summed E-state index contributed by atoms with van der Waals surface area (Å²) < 4.78 is 6.00. The molecule has 0 spiro atoms. The molecule has 30 heavy (non-hydrogen) atoms. The van der Waals surface area contributed by atoms with Crippen molar-refractivity contribution in [3.05, 3.63) is 60.9 Å². The van der Waals surface area contributed by atoms with Crippen molar-refractivity contribution in [1.82, 2.24) is 14.9 Å². The van der Waals surface area contributed by atoms with Gasteiger partial charge in [-0.05, 0) is 31.2 Å². The molecule has 1 fully saturated rings. The highest BCUT2D eigenvalue weighted by molar-refractivity contribution is 8.00. The van der Waals surface area contributed by atoms with Crippen LogP contribution in [-0.4, -0.2) is 52.2 Å². The molecule has 1 atom stereocenters. The summed E-state index contributed by atoms with van der Waals surface area (Å²) in [4.78, 5) is 26.1. The molecule has 2 aromatic heterocycles. The minimum absolute atomic E-state index is 0.135. The molecule has 6 nitrogen and oxygen atoms in total. The maximum absolute atomic E-state index is 13.1. The Balaban J connectivity index is 1.29. The van der Waals surface area contributed by atoms with Gasteiger partial charge in [-0.1, -0.05) is 42.1 Å². The lowest BCUT2D eigenvalue weighted by atomic mass is 10.2. The zero-order valence-corrected chi connectivity index (χ0v) is 17.5. The molecule has 4 aromatic rings. The molecule has 0 unspecified atom stereocenters. The molecule has 0 N–H and O–H groups in total. The molecule has 0 aliphatic carbocycles. The summed E-state index contributed by atoms with van der Waals surface area (Å²) in [7, 11) is 0. The van der Waals surface area contributed by atoms with Gasteiger partial charge in [0.1, 0.15) is 22.5 Å². The second-order valence-corrected chi connectivity index (χ2v) is 8.69. The average molecular weight is 419 g/mol. The third-order valence-corrected chi connectivity index (χ3v) is 6.54. The number of para-hydroxylation sites is 2. The summed E-state index contributed by atoms with van der Waals surface area (Å²) in [6, 6.07) is 18.2. The third-order valence-electron chi connectivity index (χ3n) is 5.47. The molecule has 152 valence electrons. The number of hydrogen-bond acceptors (Lipinski definition) is 6. The number of furan rings is 1. The van der Waals surface area contributed by atoms with Gasteiger partial charge in [-0.25, -0.2) is 9.97 Å². The molecular weight excluding hydrogens is 396 g/mol. The van der Waals surface area contributed by atoms with E-state index in [1.807, 2.05) is 54.3 Å². The van der Waals surface area contributed by atoms with E-state index in [0.717, 1.165) is 42.7 Å². The molecule has 1 aliphatic heterocycles. The molecule has 0 bridgehead atoms. The fourth-order valence-corrected chi connectivity index (χ4v) is 4.82. The lowest BCUT2D eigenvalue weighted by molar-refractivity contribution is -0.130. The summed E-state index contributed by atoms with van der Waals surface area (Å²) in [5, 5.41) is 1.42. The van der Waals surface area contributed by atoms with E-state index < -0.39 is 0 Å². The minimum atomic E-state index is -0.250. The number of hydrogen-bond donors (Lipinski definition) is 0. The van der Waals surface area contributed by atoms with Crippen molar-refractivity contribution in [1.29, 1.82) is 0 Å². The molecule has 5 rings (SSSR count). The summed E-state index contributed by atoms with van der Waals surface area (Å²) in [5.41, 5.74) is 3.43. The number of amides is 1. The van der Waals surface area contributed by atoms with Crippen LogP contribution in [0.5, 0.6) is 0 Å². The van der Waals surface area contributed by atoms with Crippen LogP contribution in [0.25, 0.3) is 22.1 Å². The third kappa shape index (κ3) is 3.50. The maximum atomic E-state index is 13.1.